The second-order valence-corrected chi connectivity index (χ2v) is 6.16. The summed E-state index contributed by atoms with van der Waals surface area (Å²) < 4.78 is 5.18. The maximum Gasteiger partial charge on any atom is 0.339 e. The molecular formula is C21H15NO4. The third-order valence-corrected chi connectivity index (χ3v) is 4.48. The van der Waals surface area contributed by atoms with Gasteiger partial charge in [0.05, 0.1) is 23.3 Å². The zero-order valence-electron chi connectivity index (χ0n) is 14.3. The highest BCUT2D eigenvalue weighted by atomic mass is 16.5. The van der Waals surface area contributed by atoms with Gasteiger partial charge in [0.25, 0.3) is 0 Å². The molecule has 0 aliphatic heterocycles. The molecule has 0 spiro atoms. The van der Waals surface area contributed by atoms with Gasteiger partial charge in [-0.15, -0.1) is 0 Å². The summed E-state index contributed by atoms with van der Waals surface area (Å²) in [6.07, 6.45) is 0. The van der Waals surface area contributed by atoms with Crippen molar-refractivity contribution in [2.24, 2.45) is 0 Å². The Kier molecular flexibility index (Phi) is 3.65. The van der Waals surface area contributed by atoms with Gasteiger partial charge in [0.2, 0.25) is 5.78 Å². The number of rotatable bonds is 2. The molecular weight excluding hydrogens is 330 g/mol. The van der Waals surface area contributed by atoms with Crippen molar-refractivity contribution >= 4 is 28.4 Å². The van der Waals surface area contributed by atoms with E-state index in [1.165, 1.54) is 0 Å². The zero-order chi connectivity index (χ0) is 18.4. The third kappa shape index (κ3) is 2.24. The lowest BCUT2D eigenvalue weighted by molar-refractivity contribution is 0.0525. The number of ether oxygens (including phenoxy) is 1. The van der Waals surface area contributed by atoms with E-state index >= 15 is 0 Å². The van der Waals surface area contributed by atoms with Crippen molar-refractivity contribution in [2.45, 2.75) is 13.8 Å². The number of carbonyl (C=O) groups excluding carboxylic acids is 3. The number of fused-ring (bicyclic) bond motifs is 3. The highest BCUT2D eigenvalue weighted by molar-refractivity contribution is 6.31. The Morgan fingerprint density at radius 2 is 1.73 bits per heavy atom. The molecule has 0 amide bonds. The lowest BCUT2D eigenvalue weighted by Crippen LogP contribution is -2.26. The third-order valence-electron chi connectivity index (χ3n) is 4.48. The van der Waals surface area contributed by atoms with Crippen LogP contribution in [0.25, 0.3) is 10.9 Å². The first kappa shape index (κ1) is 16.1. The molecule has 26 heavy (non-hydrogen) atoms. The van der Waals surface area contributed by atoms with Crippen molar-refractivity contribution in [1.82, 2.24) is 4.98 Å². The highest BCUT2D eigenvalue weighted by Crippen LogP contribution is 2.33. The molecule has 3 aromatic rings. The average Bonchev–Trinajstić information content (AvgIpc) is 2.64. The summed E-state index contributed by atoms with van der Waals surface area (Å²) in [5.41, 5.74) is 2.14. The Balaban J connectivity index is 2.13. The largest absolute Gasteiger partial charge is 0.462 e. The predicted octanol–water partition coefficient (Wildman–Crippen LogP) is 3.50. The van der Waals surface area contributed by atoms with E-state index < -0.39 is 5.97 Å². The molecule has 0 saturated heterocycles. The maximum absolute atomic E-state index is 13.1. The van der Waals surface area contributed by atoms with E-state index in [4.69, 9.17) is 4.74 Å². The minimum absolute atomic E-state index is 0.00751. The van der Waals surface area contributed by atoms with Gasteiger partial charge in [-0.2, -0.15) is 0 Å². The summed E-state index contributed by atoms with van der Waals surface area (Å²) in [6, 6.07) is 12.0. The number of hydrogen-bond donors (Lipinski definition) is 0. The Morgan fingerprint density at radius 3 is 2.42 bits per heavy atom. The first-order valence-corrected chi connectivity index (χ1v) is 8.32. The minimum Gasteiger partial charge on any atom is -0.462 e. The molecule has 0 N–H and O–H groups in total. The van der Waals surface area contributed by atoms with Gasteiger partial charge in [-0.1, -0.05) is 35.9 Å². The molecule has 0 bridgehead atoms. The van der Waals surface area contributed by atoms with Crippen LogP contribution in [0, 0.1) is 6.92 Å². The van der Waals surface area contributed by atoms with Gasteiger partial charge in [0.15, 0.2) is 5.78 Å². The summed E-state index contributed by atoms with van der Waals surface area (Å²) in [5, 5.41) is 0.516. The number of aryl methyl sites for hydroxylation is 1. The van der Waals surface area contributed by atoms with Crippen LogP contribution in [0.4, 0.5) is 0 Å². The molecule has 0 radical (unpaired) electrons. The van der Waals surface area contributed by atoms with E-state index in [1.807, 2.05) is 13.0 Å². The number of aromatic nitrogens is 1. The van der Waals surface area contributed by atoms with Crippen LogP contribution >= 0.6 is 0 Å². The number of ketones is 2. The van der Waals surface area contributed by atoms with Crippen LogP contribution in [0.3, 0.4) is 0 Å². The fourth-order valence-electron chi connectivity index (χ4n) is 3.32. The molecule has 0 unspecified atom stereocenters. The lowest BCUT2D eigenvalue weighted by atomic mass is 9.83. The molecule has 2 aromatic carbocycles. The Bertz CT molecular complexity index is 1110. The van der Waals surface area contributed by atoms with Crippen LogP contribution in [0.2, 0.25) is 0 Å². The number of hydrogen-bond acceptors (Lipinski definition) is 5. The molecule has 4 rings (SSSR count). The van der Waals surface area contributed by atoms with Crippen molar-refractivity contribution < 1.29 is 19.1 Å². The van der Waals surface area contributed by atoms with E-state index in [-0.39, 0.29) is 40.6 Å². The van der Waals surface area contributed by atoms with Gasteiger partial charge < -0.3 is 4.74 Å². The van der Waals surface area contributed by atoms with Crippen molar-refractivity contribution in [3.63, 3.8) is 0 Å². The van der Waals surface area contributed by atoms with E-state index in [1.54, 1.807) is 43.3 Å². The molecule has 5 nitrogen and oxygen atoms in total. The summed E-state index contributed by atoms with van der Waals surface area (Å²) in [5.74, 6) is -1.36. The van der Waals surface area contributed by atoms with Gasteiger partial charge in [0, 0.05) is 16.5 Å². The molecule has 0 atom stereocenters. The average molecular weight is 345 g/mol. The second kappa shape index (κ2) is 5.88. The van der Waals surface area contributed by atoms with Crippen molar-refractivity contribution in [1.29, 1.82) is 0 Å². The molecule has 128 valence electrons. The van der Waals surface area contributed by atoms with Crippen LogP contribution in [0.5, 0.6) is 0 Å². The monoisotopic (exact) mass is 345 g/mol. The fraction of sp³-hybridized carbons (Fsp3) is 0.143. The van der Waals surface area contributed by atoms with E-state index in [9.17, 15) is 14.4 Å². The van der Waals surface area contributed by atoms with Gasteiger partial charge >= 0.3 is 5.97 Å². The highest BCUT2D eigenvalue weighted by Gasteiger charge is 2.36. The predicted molar refractivity (Wildman–Crippen MR) is 95.7 cm³/mol. The molecule has 0 saturated carbocycles. The van der Waals surface area contributed by atoms with Crippen LogP contribution in [0.15, 0.2) is 42.5 Å². The van der Waals surface area contributed by atoms with Crippen LogP contribution in [-0.4, -0.2) is 29.1 Å². The number of pyridine rings is 1. The molecule has 1 aliphatic rings. The molecule has 1 aromatic heterocycles. The smallest absolute Gasteiger partial charge is 0.339 e. The maximum atomic E-state index is 13.1. The van der Waals surface area contributed by atoms with Gasteiger partial charge in [-0.05, 0) is 26.0 Å². The zero-order valence-corrected chi connectivity index (χ0v) is 14.3. The molecule has 5 heteroatoms. The van der Waals surface area contributed by atoms with Crippen molar-refractivity contribution in [3.8, 4) is 0 Å². The quantitative estimate of drug-likeness (QED) is 0.520. The lowest BCUT2D eigenvalue weighted by Gasteiger charge is -2.20. The van der Waals surface area contributed by atoms with Gasteiger partial charge in [-0.25, -0.2) is 9.78 Å². The fourth-order valence-corrected chi connectivity index (χ4v) is 3.32. The SMILES string of the molecule is CCOC(=O)c1c2c(nc3ccc(C)cc13)C(=O)c1ccccc1C2=O. The van der Waals surface area contributed by atoms with Crippen molar-refractivity contribution in [3.05, 3.63) is 76.0 Å². The Hall–Kier alpha value is -3.34. The van der Waals surface area contributed by atoms with Crippen LogP contribution in [0.1, 0.15) is 54.8 Å². The minimum atomic E-state index is -0.623. The molecule has 1 aliphatic carbocycles. The van der Waals surface area contributed by atoms with E-state index in [0.29, 0.717) is 16.5 Å². The number of nitrogens with zero attached hydrogens (tertiary/aromatic N) is 1. The summed E-state index contributed by atoms with van der Waals surface area (Å²) in [6.45, 7) is 3.75. The number of benzene rings is 2. The first-order chi connectivity index (χ1) is 12.5. The second-order valence-electron chi connectivity index (χ2n) is 6.16. The number of carbonyl (C=O) groups is 3. The normalized spacial score (nSPS) is 12.7. The summed E-state index contributed by atoms with van der Waals surface area (Å²) >= 11 is 0. The van der Waals surface area contributed by atoms with E-state index in [0.717, 1.165) is 5.56 Å². The molecule has 1 heterocycles. The Morgan fingerprint density at radius 1 is 1.04 bits per heavy atom. The van der Waals surface area contributed by atoms with Gasteiger partial charge in [0.1, 0.15) is 5.69 Å². The van der Waals surface area contributed by atoms with Crippen molar-refractivity contribution in [2.75, 3.05) is 6.61 Å². The topological polar surface area (TPSA) is 73.3 Å². The molecule has 0 fully saturated rings. The summed E-state index contributed by atoms with van der Waals surface area (Å²) in [7, 11) is 0. The standard InChI is InChI=1S/C21H15NO4/c1-3-26-21(25)16-14-10-11(2)8-9-15(14)22-18-17(16)19(23)12-6-4-5-7-13(12)20(18)24/h4-10H,3H2,1-2H3. The van der Waals surface area contributed by atoms with Gasteiger partial charge in [-0.3, -0.25) is 9.59 Å². The first-order valence-electron chi connectivity index (χ1n) is 8.32. The Labute approximate surface area is 149 Å². The van der Waals surface area contributed by atoms with Crippen LogP contribution < -0.4 is 0 Å². The number of esters is 1. The summed E-state index contributed by atoms with van der Waals surface area (Å²) in [4.78, 5) is 43.1. The van der Waals surface area contributed by atoms with Crippen LogP contribution in [-0.2, 0) is 4.74 Å². The van der Waals surface area contributed by atoms with E-state index in [2.05, 4.69) is 4.98 Å².